The number of rotatable bonds is 5. The van der Waals surface area contributed by atoms with Crippen LogP contribution in [0.25, 0.3) is 0 Å². The van der Waals surface area contributed by atoms with Crippen LogP contribution in [-0.2, 0) is 0 Å². The molecular formula is C18H19NO3. The first kappa shape index (κ1) is 14.6. The van der Waals surface area contributed by atoms with Crippen LogP contribution < -0.4 is 9.47 Å². The summed E-state index contributed by atoms with van der Waals surface area (Å²) in [5, 5.41) is 0. The van der Waals surface area contributed by atoms with Crippen LogP contribution in [0.4, 0.5) is 0 Å². The maximum absolute atomic E-state index is 12.5. The van der Waals surface area contributed by atoms with Crippen LogP contribution in [0, 0.1) is 0 Å². The number of nitrogens with zero attached hydrogens (tertiary/aromatic N) is 1. The zero-order valence-corrected chi connectivity index (χ0v) is 12.6. The largest absolute Gasteiger partial charge is 0.493 e. The van der Waals surface area contributed by atoms with Gasteiger partial charge in [-0.3, -0.25) is 9.78 Å². The normalized spacial score (nSPS) is 14.8. The molecule has 0 aliphatic heterocycles. The molecule has 1 fully saturated rings. The van der Waals surface area contributed by atoms with Gasteiger partial charge in [0.25, 0.3) is 0 Å². The van der Waals surface area contributed by atoms with E-state index in [0.717, 1.165) is 12.8 Å². The van der Waals surface area contributed by atoms with Gasteiger partial charge in [-0.05, 0) is 56.0 Å². The summed E-state index contributed by atoms with van der Waals surface area (Å²) in [6.45, 7) is 0. The third-order valence-electron chi connectivity index (χ3n) is 3.96. The third kappa shape index (κ3) is 3.11. The monoisotopic (exact) mass is 297 g/mol. The minimum Gasteiger partial charge on any atom is -0.493 e. The van der Waals surface area contributed by atoms with Gasteiger partial charge >= 0.3 is 0 Å². The molecule has 1 aromatic carbocycles. The van der Waals surface area contributed by atoms with Crippen LogP contribution in [0.2, 0.25) is 0 Å². The van der Waals surface area contributed by atoms with Crippen LogP contribution in [0.15, 0.2) is 42.7 Å². The summed E-state index contributed by atoms with van der Waals surface area (Å²) in [6.07, 6.45) is 7.97. The van der Waals surface area contributed by atoms with Crippen molar-refractivity contribution in [2.75, 3.05) is 7.11 Å². The van der Waals surface area contributed by atoms with E-state index in [2.05, 4.69) is 4.98 Å². The highest BCUT2D eigenvalue weighted by molar-refractivity contribution is 6.09. The van der Waals surface area contributed by atoms with Gasteiger partial charge in [0.1, 0.15) is 0 Å². The van der Waals surface area contributed by atoms with Gasteiger partial charge in [-0.15, -0.1) is 0 Å². The standard InChI is InChI=1S/C18H19NO3/c1-21-16-7-6-14(18(20)13-8-10-19-11-9-13)12-17(16)22-15-4-2-3-5-15/h6-12,15H,2-5H2,1H3. The number of methoxy groups -OCH3 is 1. The van der Waals surface area contributed by atoms with Crippen molar-refractivity contribution in [1.82, 2.24) is 4.98 Å². The van der Waals surface area contributed by atoms with Gasteiger partial charge in [-0.25, -0.2) is 0 Å². The summed E-state index contributed by atoms with van der Waals surface area (Å²) in [6, 6.07) is 8.76. The SMILES string of the molecule is COc1ccc(C(=O)c2ccncc2)cc1OC1CCCC1. The van der Waals surface area contributed by atoms with Crippen molar-refractivity contribution in [2.45, 2.75) is 31.8 Å². The molecule has 0 amide bonds. The first-order chi connectivity index (χ1) is 10.8. The summed E-state index contributed by atoms with van der Waals surface area (Å²) < 4.78 is 11.4. The van der Waals surface area contributed by atoms with Gasteiger partial charge < -0.3 is 9.47 Å². The second kappa shape index (κ2) is 6.60. The molecule has 0 bridgehead atoms. The Labute approximate surface area is 130 Å². The molecule has 1 aromatic heterocycles. The second-order valence-electron chi connectivity index (χ2n) is 5.45. The van der Waals surface area contributed by atoms with Gasteiger partial charge in [0.15, 0.2) is 17.3 Å². The first-order valence-corrected chi connectivity index (χ1v) is 7.57. The molecule has 0 radical (unpaired) electrons. The van der Waals surface area contributed by atoms with Gasteiger partial charge in [0.05, 0.1) is 13.2 Å². The van der Waals surface area contributed by atoms with E-state index in [0.29, 0.717) is 22.6 Å². The third-order valence-corrected chi connectivity index (χ3v) is 3.96. The Morgan fingerprint density at radius 2 is 1.77 bits per heavy atom. The molecular weight excluding hydrogens is 278 g/mol. The molecule has 22 heavy (non-hydrogen) atoms. The maximum atomic E-state index is 12.5. The van der Waals surface area contributed by atoms with Crippen LogP contribution in [0.3, 0.4) is 0 Å². The number of hydrogen-bond donors (Lipinski definition) is 0. The molecule has 0 N–H and O–H groups in total. The number of ketones is 1. The zero-order valence-electron chi connectivity index (χ0n) is 12.6. The molecule has 1 aliphatic rings. The molecule has 114 valence electrons. The van der Waals surface area contributed by atoms with Crippen molar-refractivity contribution >= 4 is 5.78 Å². The molecule has 1 saturated carbocycles. The molecule has 0 atom stereocenters. The van der Waals surface area contributed by atoms with E-state index in [4.69, 9.17) is 9.47 Å². The molecule has 1 aliphatic carbocycles. The van der Waals surface area contributed by atoms with E-state index < -0.39 is 0 Å². The summed E-state index contributed by atoms with van der Waals surface area (Å²) in [5.41, 5.74) is 1.21. The van der Waals surface area contributed by atoms with Crippen LogP contribution >= 0.6 is 0 Å². The van der Waals surface area contributed by atoms with E-state index in [9.17, 15) is 4.79 Å². The highest BCUT2D eigenvalue weighted by Crippen LogP contribution is 2.32. The molecule has 4 nitrogen and oxygen atoms in total. The van der Waals surface area contributed by atoms with Gasteiger partial charge in [0, 0.05) is 23.5 Å². The Bertz CT molecular complexity index is 649. The smallest absolute Gasteiger partial charge is 0.193 e. The minimum absolute atomic E-state index is 0.0404. The van der Waals surface area contributed by atoms with E-state index in [1.165, 1.54) is 12.8 Å². The Morgan fingerprint density at radius 1 is 1.05 bits per heavy atom. The number of carbonyl (C=O) groups is 1. The molecule has 0 unspecified atom stereocenters. The zero-order chi connectivity index (χ0) is 15.4. The number of hydrogen-bond acceptors (Lipinski definition) is 4. The second-order valence-corrected chi connectivity index (χ2v) is 5.45. The molecule has 2 aromatic rings. The van der Waals surface area contributed by atoms with E-state index in [1.807, 2.05) is 0 Å². The van der Waals surface area contributed by atoms with E-state index >= 15 is 0 Å². The predicted molar refractivity (Wildman–Crippen MR) is 83.5 cm³/mol. The number of aromatic nitrogens is 1. The number of ether oxygens (including phenoxy) is 2. The van der Waals surface area contributed by atoms with Crippen molar-refractivity contribution in [3.8, 4) is 11.5 Å². The molecule has 3 rings (SSSR count). The van der Waals surface area contributed by atoms with E-state index in [1.54, 1.807) is 49.8 Å². The van der Waals surface area contributed by atoms with Crippen molar-refractivity contribution in [1.29, 1.82) is 0 Å². The molecule has 1 heterocycles. The van der Waals surface area contributed by atoms with Crippen LogP contribution in [0.1, 0.15) is 41.6 Å². The van der Waals surface area contributed by atoms with Gasteiger partial charge in [-0.1, -0.05) is 0 Å². The summed E-state index contributed by atoms with van der Waals surface area (Å²) in [5.74, 6) is 1.27. The molecule has 0 spiro atoms. The summed E-state index contributed by atoms with van der Waals surface area (Å²) in [4.78, 5) is 16.4. The fourth-order valence-electron chi connectivity index (χ4n) is 2.77. The Hall–Kier alpha value is -2.36. The van der Waals surface area contributed by atoms with Gasteiger partial charge in [0.2, 0.25) is 0 Å². The molecule has 0 saturated heterocycles. The van der Waals surface area contributed by atoms with Crippen LogP contribution in [0.5, 0.6) is 11.5 Å². The van der Waals surface area contributed by atoms with Crippen molar-refractivity contribution in [3.05, 3.63) is 53.9 Å². The Kier molecular flexibility index (Phi) is 4.37. The highest BCUT2D eigenvalue weighted by Gasteiger charge is 2.20. The lowest BCUT2D eigenvalue weighted by Crippen LogP contribution is -2.12. The quantitative estimate of drug-likeness (QED) is 0.791. The highest BCUT2D eigenvalue weighted by atomic mass is 16.5. The fourth-order valence-corrected chi connectivity index (χ4v) is 2.77. The van der Waals surface area contributed by atoms with E-state index in [-0.39, 0.29) is 11.9 Å². The number of carbonyl (C=O) groups excluding carboxylic acids is 1. The predicted octanol–water partition coefficient (Wildman–Crippen LogP) is 3.64. The topological polar surface area (TPSA) is 48.4 Å². The summed E-state index contributed by atoms with van der Waals surface area (Å²) >= 11 is 0. The van der Waals surface area contributed by atoms with Crippen molar-refractivity contribution in [2.24, 2.45) is 0 Å². The number of benzene rings is 1. The summed E-state index contributed by atoms with van der Waals surface area (Å²) in [7, 11) is 1.61. The van der Waals surface area contributed by atoms with Crippen LogP contribution in [-0.4, -0.2) is 24.0 Å². The van der Waals surface area contributed by atoms with Gasteiger partial charge in [-0.2, -0.15) is 0 Å². The number of pyridine rings is 1. The Morgan fingerprint density at radius 3 is 2.45 bits per heavy atom. The lowest BCUT2D eigenvalue weighted by molar-refractivity contribution is 0.103. The first-order valence-electron chi connectivity index (χ1n) is 7.57. The Balaban J connectivity index is 1.87. The lowest BCUT2D eigenvalue weighted by Gasteiger charge is -2.16. The average Bonchev–Trinajstić information content (AvgIpc) is 3.08. The minimum atomic E-state index is -0.0404. The van der Waals surface area contributed by atoms with Crippen molar-refractivity contribution in [3.63, 3.8) is 0 Å². The average molecular weight is 297 g/mol. The van der Waals surface area contributed by atoms with Crippen molar-refractivity contribution < 1.29 is 14.3 Å². The molecule has 4 heteroatoms. The lowest BCUT2D eigenvalue weighted by atomic mass is 10.0. The fraction of sp³-hybridized carbons (Fsp3) is 0.333. The maximum Gasteiger partial charge on any atom is 0.193 e.